The summed E-state index contributed by atoms with van der Waals surface area (Å²) in [7, 11) is 1.68. The Morgan fingerprint density at radius 3 is 2.88 bits per heavy atom. The number of methoxy groups -OCH3 is 1. The molecule has 1 aromatic carbocycles. The van der Waals surface area contributed by atoms with Crippen molar-refractivity contribution in [3.8, 4) is 0 Å². The van der Waals surface area contributed by atoms with E-state index in [9.17, 15) is 4.79 Å². The highest BCUT2D eigenvalue weighted by atomic mass is 16.5. The number of nitrogens with zero attached hydrogens (tertiary/aromatic N) is 3. The first-order chi connectivity index (χ1) is 12.2. The number of amides is 1. The van der Waals surface area contributed by atoms with Crippen LogP contribution in [0.1, 0.15) is 27.3 Å². The first-order valence-corrected chi connectivity index (χ1v) is 8.54. The third kappa shape index (κ3) is 4.61. The van der Waals surface area contributed by atoms with Gasteiger partial charge in [0.05, 0.1) is 6.10 Å². The van der Waals surface area contributed by atoms with Gasteiger partial charge in [-0.15, -0.1) is 0 Å². The highest BCUT2D eigenvalue weighted by Crippen LogP contribution is 2.18. The quantitative estimate of drug-likeness (QED) is 0.865. The number of hydrogen-bond donors (Lipinski definition) is 1. The molecule has 0 fully saturated rings. The zero-order valence-corrected chi connectivity index (χ0v) is 14.7. The first kappa shape index (κ1) is 17.5. The van der Waals surface area contributed by atoms with Crippen molar-refractivity contribution in [3.63, 3.8) is 0 Å². The van der Waals surface area contributed by atoms with Crippen molar-refractivity contribution in [2.45, 2.75) is 26.0 Å². The van der Waals surface area contributed by atoms with Gasteiger partial charge in [0.1, 0.15) is 12.0 Å². The monoisotopic (exact) mass is 340 g/mol. The Labute approximate surface area is 148 Å². The van der Waals surface area contributed by atoms with Crippen molar-refractivity contribution < 1.29 is 9.53 Å². The average molecular weight is 340 g/mol. The topological polar surface area (TPSA) is 67.3 Å². The predicted molar refractivity (Wildman–Crippen MR) is 95.3 cm³/mol. The number of nitrogens with one attached hydrogen (secondary N) is 1. The van der Waals surface area contributed by atoms with Crippen molar-refractivity contribution >= 4 is 5.91 Å². The molecule has 0 spiro atoms. The Kier molecular flexibility index (Phi) is 5.73. The Bertz CT molecular complexity index is 735. The van der Waals surface area contributed by atoms with Gasteiger partial charge in [-0.1, -0.05) is 24.3 Å². The van der Waals surface area contributed by atoms with Gasteiger partial charge < -0.3 is 10.1 Å². The van der Waals surface area contributed by atoms with Crippen molar-refractivity contribution in [3.05, 3.63) is 59.2 Å². The van der Waals surface area contributed by atoms with Gasteiger partial charge >= 0.3 is 0 Å². The van der Waals surface area contributed by atoms with E-state index in [1.54, 1.807) is 13.2 Å². The zero-order chi connectivity index (χ0) is 17.6. The lowest BCUT2D eigenvalue weighted by atomic mass is 10.00. The second-order valence-electron chi connectivity index (χ2n) is 6.37. The molecule has 2 heterocycles. The predicted octanol–water partition coefficient (Wildman–Crippen LogP) is 1.59. The molecule has 25 heavy (non-hydrogen) atoms. The van der Waals surface area contributed by atoms with E-state index in [1.165, 1.54) is 17.5 Å². The van der Waals surface area contributed by atoms with Crippen LogP contribution in [0.2, 0.25) is 0 Å². The molecule has 1 N–H and O–H groups in total. The molecule has 1 unspecified atom stereocenters. The van der Waals surface area contributed by atoms with Gasteiger partial charge in [0.25, 0.3) is 5.91 Å². The Hall–Kier alpha value is -2.31. The molecule has 1 amide bonds. The molecule has 1 aromatic heterocycles. The minimum Gasteiger partial charge on any atom is -0.378 e. The van der Waals surface area contributed by atoms with Crippen LogP contribution in [0, 0.1) is 6.92 Å². The Morgan fingerprint density at radius 1 is 1.32 bits per heavy atom. The first-order valence-electron chi connectivity index (χ1n) is 8.54. The van der Waals surface area contributed by atoms with Crippen molar-refractivity contribution in [2.75, 3.05) is 26.7 Å². The van der Waals surface area contributed by atoms with Crippen molar-refractivity contribution in [1.82, 2.24) is 20.2 Å². The number of hydrogen-bond acceptors (Lipinski definition) is 5. The highest BCUT2D eigenvalue weighted by Gasteiger charge is 2.20. The van der Waals surface area contributed by atoms with Crippen LogP contribution in [0.5, 0.6) is 0 Å². The summed E-state index contributed by atoms with van der Waals surface area (Å²) >= 11 is 0. The van der Waals surface area contributed by atoms with E-state index in [4.69, 9.17) is 4.74 Å². The molecule has 0 aliphatic carbocycles. The third-order valence-corrected chi connectivity index (χ3v) is 4.53. The summed E-state index contributed by atoms with van der Waals surface area (Å²) in [5, 5.41) is 2.91. The van der Waals surface area contributed by atoms with Gasteiger partial charge in [-0.2, -0.15) is 0 Å². The molecule has 6 heteroatoms. The summed E-state index contributed by atoms with van der Waals surface area (Å²) in [5.41, 5.74) is 3.97. The molecule has 0 saturated carbocycles. The zero-order valence-electron chi connectivity index (χ0n) is 14.7. The lowest BCUT2D eigenvalue weighted by Crippen LogP contribution is -2.43. The van der Waals surface area contributed by atoms with Crippen LogP contribution in [-0.4, -0.2) is 53.6 Å². The number of benzene rings is 1. The van der Waals surface area contributed by atoms with Crippen LogP contribution in [0.15, 0.2) is 36.7 Å². The fourth-order valence-electron chi connectivity index (χ4n) is 3.10. The summed E-state index contributed by atoms with van der Waals surface area (Å²) in [4.78, 5) is 22.6. The fourth-order valence-corrected chi connectivity index (χ4v) is 3.10. The van der Waals surface area contributed by atoms with Gasteiger partial charge in [-0.3, -0.25) is 9.69 Å². The maximum absolute atomic E-state index is 12.2. The summed E-state index contributed by atoms with van der Waals surface area (Å²) in [6, 6.07) is 10.2. The maximum Gasteiger partial charge on any atom is 0.270 e. The summed E-state index contributed by atoms with van der Waals surface area (Å²) in [6.45, 7) is 5.01. The van der Waals surface area contributed by atoms with Crippen LogP contribution in [0.3, 0.4) is 0 Å². The standard InChI is InChI=1S/C19H24N4O2/c1-14-9-18(22-13-21-14)19(24)20-10-17(25-2)12-23-8-7-15-5-3-4-6-16(15)11-23/h3-6,9,13,17H,7-8,10-12H2,1-2H3,(H,20,24). The smallest absolute Gasteiger partial charge is 0.270 e. The molecule has 6 nitrogen and oxygen atoms in total. The van der Waals surface area contributed by atoms with E-state index in [0.29, 0.717) is 12.2 Å². The summed E-state index contributed by atoms with van der Waals surface area (Å²) in [6.07, 6.45) is 2.40. The molecule has 1 aliphatic heterocycles. The molecule has 0 radical (unpaired) electrons. The van der Waals surface area contributed by atoms with Crippen LogP contribution in [-0.2, 0) is 17.7 Å². The summed E-state index contributed by atoms with van der Waals surface area (Å²) < 4.78 is 5.56. The average Bonchev–Trinajstić information content (AvgIpc) is 2.64. The van der Waals surface area contributed by atoms with E-state index in [2.05, 4.69) is 44.5 Å². The maximum atomic E-state index is 12.2. The van der Waals surface area contributed by atoms with Crippen LogP contribution in [0.4, 0.5) is 0 Å². The number of aromatic nitrogens is 2. The van der Waals surface area contributed by atoms with Gasteiger partial charge in [-0.05, 0) is 30.5 Å². The van der Waals surface area contributed by atoms with Crippen molar-refractivity contribution in [1.29, 1.82) is 0 Å². The highest BCUT2D eigenvalue weighted by molar-refractivity contribution is 5.92. The second-order valence-corrected chi connectivity index (χ2v) is 6.37. The molecule has 3 rings (SSSR count). The molecule has 1 aliphatic rings. The van der Waals surface area contributed by atoms with E-state index >= 15 is 0 Å². The lowest BCUT2D eigenvalue weighted by Gasteiger charge is -2.31. The minimum atomic E-state index is -0.198. The minimum absolute atomic E-state index is 0.0582. The van der Waals surface area contributed by atoms with E-state index in [-0.39, 0.29) is 12.0 Å². The molecule has 0 bridgehead atoms. The lowest BCUT2D eigenvalue weighted by molar-refractivity contribution is 0.0562. The normalized spacial score (nSPS) is 15.4. The van der Waals surface area contributed by atoms with Gasteiger partial charge in [0.15, 0.2) is 0 Å². The number of carbonyl (C=O) groups is 1. The van der Waals surface area contributed by atoms with E-state index in [0.717, 1.165) is 31.7 Å². The fraction of sp³-hybridized carbons (Fsp3) is 0.421. The molecule has 0 saturated heterocycles. The molecule has 132 valence electrons. The van der Waals surface area contributed by atoms with E-state index in [1.807, 2.05) is 6.92 Å². The Morgan fingerprint density at radius 2 is 2.12 bits per heavy atom. The summed E-state index contributed by atoms with van der Waals surface area (Å²) in [5.74, 6) is -0.198. The van der Waals surface area contributed by atoms with Crippen LogP contribution in [0.25, 0.3) is 0 Å². The largest absolute Gasteiger partial charge is 0.378 e. The molecule has 1 atom stereocenters. The Balaban J connectivity index is 1.52. The van der Waals surface area contributed by atoms with E-state index < -0.39 is 0 Å². The number of ether oxygens (including phenoxy) is 1. The van der Waals surface area contributed by atoms with Gasteiger partial charge in [0, 0.05) is 39.0 Å². The SMILES string of the molecule is COC(CNC(=O)c1cc(C)ncn1)CN1CCc2ccccc2C1. The molecular weight excluding hydrogens is 316 g/mol. The number of aryl methyl sites for hydroxylation is 1. The second kappa shape index (κ2) is 8.18. The molecule has 2 aromatic rings. The number of rotatable bonds is 6. The van der Waals surface area contributed by atoms with Crippen LogP contribution < -0.4 is 5.32 Å². The van der Waals surface area contributed by atoms with Gasteiger partial charge in [0.2, 0.25) is 0 Å². The third-order valence-electron chi connectivity index (χ3n) is 4.53. The number of carbonyl (C=O) groups excluding carboxylic acids is 1. The molecular formula is C19H24N4O2. The number of fused-ring (bicyclic) bond motifs is 1. The van der Waals surface area contributed by atoms with Crippen molar-refractivity contribution in [2.24, 2.45) is 0 Å². The van der Waals surface area contributed by atoms with Gasteiger partial charge in [-0.25, -0.2) is 9.97 Å². The van der Waals surface area contributed by atoms with Crippen LogP contribution >= 0.6 is 0 Å².